The number of rotatable bonds is 2. The van der Waals surface area contributed by atoms with Gasteiger partial charge in [-0.1, -0.05) is 17.7 Å². The third-order valence-corrected chi connectivity index (χ3v) is 1.65. The third kappa shape index (κ3) is 2.14. The first-order chi connectivity index (χ1) is 5.75. The minimum absolute atomic E-state index is 0.450. The fourth-order valence-electron chi connectivity index (χ4n) is 0.652. The zero-order valence-corrected chi connectivity index (χ0v) is 7.73. The Morgan fingerprint density at radius 1 is 1.75 bits per heavy atom. The van der Waals surface area contributed by atoms with Crippen molar-refractivity contribution in [1.29, 1.82) is 0 Å². The van der Waals surface area contributed by atoms with Crippen LogP contribution in [0.5, 0.6) is 0 Å². The van der Waals surface area contributed by atoms with Crippen LogP contribution in [0.1, 0.15) is 0 Å². The van der Waals surface area contributed by atoms with E-state index >= 15 is 0 Å². The molecule has 0 saturated heterocycles. The van der Waals surface area contributed by atoms with Gasteiger partial charge < -0.3 is 5.43 Å². The zero-order valence-electron chi connectivity index (χ0n) is 6.22. The monoisotopic (exact) mass is 206 g/mol. The van der Waals surface area contributed by atoms with Gasteiger partial charge in [0.05, 0.1) is 6.54 Å². The van der Waals surface area contributed by atoms with Gasteiger partial charge in [-0.25, -0.2) is 0 Å². The van der Waals surface area contributed by atoms with Crippen LogP contribution in [0.3, 0.4) is 0 Å². The van der Waals surface area contributed by atoms with Gasteiger partial charge in [-0.05, 0) is 0 Å². The number of nitrogens with one attached hydrogen (secondary N) is 2. The van der Waals surface area contributed by atoms with Crippen molar-refractivity contribution >= 4 is 29.2 Å². The highest BCUT2D eigenvalue weighted by Crippen LogP contribution is 2.10. The van der Waals surface area contributed by atoms with Crippen molar-refractivity contribution in [3.63, 3.8) is 0 Å². The SMILES string of the molecule is C=CCN=C1C(Cl)=CNNN1Cl. The van der Waals surface area contributed by atoms with Crippen LogP contribution in [-0.2, 0) is 0 Å². The number of nitrogens with zero attached hydrogens (tertiary/aromatic N) is 2. The summed E-state index contributed by atoms with van der Waals surface area (Å²) in [6, 6.07) is 0. The molecule has 0 saturated carbocycles. The Morgan fingerprint density at radius 2 is 2.50 bits per heavy atom. The maximum absolute atomic E-state index is 5.78. The van der Waals surface area contributed by atoms with E-state index in [1.165, 1.54) is 4.53 Å². The topological polar surface area (TPSA) is 39.7 Å². The van der Waals surface area contributed by atoms with Crippen LogP contribution in [0.4, 0.5) is 0 Å². The second-order valence-corrected chi connectivity index (χ2v) is 2.73. The highest BCUT2D eigenvalue weighted by Gasteiger charge is 2.15. The van der Waals surface area contributed by atoms with E-state index in [1.807, 2.05) is 0 Å². The Morgan fingerprint density at radius 3 is 3.08 bits per heavy atom. The Hall–Kier alpha value is -0.710. The molecule has 0 bridgehead atoms. The molecular weight excluding hydrogens is 199 g/mol. The number of amidine groups is 1. The average molecular weight is 207 g/mol. The Kier molecular flexibility index (Phi) is 3.40. The summed E-state index contributed by atoms with van der Waals surface area (Å²) in [7, 11) is 0. The molecule has 12 heavy (non-hydrogen) atoms. The molecule has 0 aromatic carbocycles. The summed E-state index contributed by atoms with van der Waals surface area (Å²) in [5.74, 6) is 0.469. The molecule has 2 N–H and O–H groups in total. The maximum atomic E-state index is 5.78. The number of hydrazine groups is 2. The van der Waals surface area contributed by atoms with Gasteiger partial charge in [0.25, 0.3) is 0 Å². The first-order valence-corrected chi connectivity index (χ1v) is 3.95. The largest absolute Gasteiger partial charge is 0.308 e. The third-order valence-electron chi connectivity index (χ3n) is 1.13. The highest BCUT2D eigenvalue weighted by molar-refractivity contribution is 6.45. The quantitative estimate of drug-likeness (QED) is 0.526. The molecule has 1 aliphatic heterocycles. The lowest BCUT2D eigenvalue weighted by atomic mass is 10.5. The fraction of sp³-hybridized carbons (Fsp3) is 0.167. The first-order valence-electron chi connectivity index (χ1n) is 3.24. The van der Waals surface area contributed by atoms with Crippen LogP contribution in [0.25, 0.3) is 0 Å². The van der Waals surface area contributed by atoms with Gasteiger partial charge in [0, 0.05) is 18.0 Å². The molecular formula is C6H8Cl2N4. The molecule has 66 valence electrons. The van der Waals surface area contributed by atoms with Gasteiger partial charge in [-0.15, -0.1) is 12.1 Å². The van der Waals surface area contributed by atoms with E-state index in [0.29, 0.717) is 17.4 Å². The van der Waals surface area contributed by atoms with E-state index in [4.69, 9.17) is 23.4 Å². The van der Waals surface area contributed by atoms with E-state index in [-0.39, 0.29) is 0 Å². The predicted molar refractivity (Wildman–Crippen MR) is 50.4 cm³/mol. The molecule has 1 rings (SSSR count). The highest BCUT2D eigenvalue weighted by atomic mass is 35.5. The van der Waals surface area contributed by atoms with Crippen molar-refractivity contribution in [3.8, 4) is 0 Å². The van der Waals surface area contributed by atoms with Crippen molar-refractivity contribution in [1.82, 2.24) is 15.5 Å². The predicted octanol–water partition coefficient (Wildman–Crippen LogP) is 1.13. The van der Waals surface area contributed by atoms with Gasteiger partial charge in [0.15, 0.2) is 5.84 Å². The summed E-state index contributed by atoms with van der Waals surface area (Å²) < 4.78 is 1.17. The zero-order chi connectivity index (χ0) is 8.97. The standard InChI is InChI=1S/C6H8Cl2N4/c1-2-3-9-6-5(7)4-10-11-12(6)8/h2,4,10-11H,1,3H2. The summed E-state index contributed by atoms with van der Waals surface area (Å²) in [6.07, 6.45) is 3.21. The second kappa shape index (κ2) is 4.35. The Balaban J connectivity index is 2.76. The van der Waals surface area contributed by atoms with Crippen LogP contribution in [0.2, 0.25) is 0 Å². The lowest BCUT2D eigenvalue weighted by Gasteiger charge is -2.22. The molecule has 1 aliphatic rings. The Labute approximate surface area is 80.6 Å². The summed E-state index contributed by atoms with van der Waals surface area (Å²) in [6.45, 7) is 4.00. The van der Waals surface area contributed by atoms with Crippen molar-refractivity contribution < 1.29 is 0 Å². The van der Waals surface area contributed by atoms with E-state index in [9.17, 15) is 0 Å². The molecule has 0 atom stereocenters. The maximum Gasteiger partial charge on any atom is 0.177 e. The lowest BCUT2D eigenvalue weighted by molar-refractivity contribution is 0.417. The molecule has 0 amide bonds. The van der Waals surface area contributed by atoms with Gasteiger partial charge >= 0.3 is 0 Å². The first kappa shape index (κ1) is 9.38. The van der Waals surface area contributed by atoms with E-state index in [0.717, 1.165) is 0 Å². The van der Waals surface area contributed by atoms with Crippen molar-refractivity contribution in [3.05, 3.63) is 23.9 Å². The summed E-state index contributed by atoms with van der Waals surface area (Å²) in [4.78, 5) is 4.05. The molecule has 0 aliphatic carbocycles. The van der Waals surface area contributed by atoms with Crippen LogP contribution in [0.15, 0.2) is 28.9 Å². The minimum Gasteiger partial charge on any atom is -0.308 e. The number of hydrogen-bond acceptors (Lipinski definition) is 3. The normalized spacial score (nSPS) is 20.3. The van der Waals surface area contributed by atoms with Crippen molar-refractivity contribution in [2.75, 3.05) is 6.54 Å². The molecule has 6 heteroatoms. The van der Waals surface area contributed by atoms with E-state index in [2.05, 4.69) is 22.5 Å². The molecule has 0 spiro atoms. The van der Waals surface area contributed by atoms with Gasteiger partial charge in [-0.2, -0.15) is 4.53 Å². The average Bonchev–Trinajstić information content (AvgIpc) is 2.04. The molecule has 0 aromatic heterocycles. The minimum atomic E-state index is 0.450. The molecule has 0 unspecified atom stereocenters. The summed E-state index contributed by atoms with van der Waals surface area (Å²) >= 11 is 11.5. The smallest absolute Gasteiger partial charge is 0.177 e. The Bertz CT molecular complexity index is 236. The van der Waals surface area contributed by atoms with Crippen molar-refractivity contribution in [2.24, 2.45) is 4.99 Å². The van der Waals surface area contributed by atoms with Gasteiger partial charge in [0.2, 0.25) is 0 Å². The molecule has 4 nitrogen and oxygen atoms in total. The lowest BCUT2D eigenvalue weighted by Crippen LogP contribution is -2.46. The number of hydrogen-bond donors (Lipinski definition) is 2. The molecule has 0 fully saturated rings. The molecule has 1 heterocycles. The molecule has 0 radical (unpaired) electrons. The fourth-order valence-corrected chi connectivity index (χ4v) is 1.09. The van der Waals surface area contributed by atoms with E-state index in [1.54, 1.807) is 12.3 Å². The van der Waals surface area contributed by atoms with Crippen LogP contribution < -0.4 is 11.0 Å². The van der Waals surface area contributed by atoms with E-state index < -0.39 is 0 Å². The van der Waals surface area contributed by atoms with Crippen LogP contribution in [0, 0.1) is 0 Å². The van der Waals surface area contributed by atoms with Gasteiger partial charge in [0.1, 0.15) is 5.03 Å². The number of halogens is 2. The summed E-state index contributed by atoms with van der Waals surface area (Å²) in [5, 5.41) is 0.450. The number of aliphatic imine (C=N–C) groups is 1. The van der Waals surface area contributed by atoms with Crippen LogP contribution >= 0.6 is 23.4 Å². The molecule has 0 aromatic rings. The summed E-state index contributed by atoms with van der Waals surface area (Å²) in [5.41, 5.74) is 5.23. The van der Waals surface area contributed by atoms with Crippen molar-refractivity contribution in [2.45, 2.75) is 0 Å². The second-order valence-electron chi connectivity index (χ2n) is 1.98. The van der Waals surface area contributed by atoms with Gasteiger partial charge in [-0.3, -0.25) is 4.99 Å². The van der Waals surface area contributed by atoms with Crippen LogP contribution in [-0.4, -0.2) is 16.9 Å².